The molecule has 104 valence electrons. The van der Waals surface area contributed by atoms with Crippen LogP contribution in [-0.4, -0.2) is 0 Å². The highest BCUT2D eigenvalue weighted by Gasteiger charge is 2.07. The normalized spacial score (nSPS) is 11.9. The summed E-state index contributed by atoms with van der Waals surface area (Å²) in [6.07, 6.45) is 0. The molecule has 2 heteroatoms. The van der Waals surface area contributed by atoms with Gasteiger partial charge in [0, 0.05) is 10.1 Å². The van der Waals surface area contributed by atoms with Gasteiger partial charge in [-0.05, 0) is 68.0 Å². The van der Waals surface area contributed by atoms with E-state index in [1.807, 2.05) is 6.07 Å². The predicted molar refractivity (Wildman–Crippen MR) is 94.3 cm³/mol. The Bertz CT molecular complexity index is 1180. The molecule has 1 heterocycles. The third-order valence-corrected chi connectivity index (χ3v) is 5.31. The highest BCUT2D eigenvalue weighted by atomic mass is 32.1. The zero-order chi connectivity index (χ0) is 14.7. The highest BCUT2D eigenvalue weighted by Crippen LogP contribution is 2.35. The average molecular weight is 302 g/mol. The number of fused-ring (bicyclic) bond motifs is 6. The van der Waals surface area contributed by atoms with Gasteiger partial charge in [-0.15, -0.1) is 11.3 Å². The second kappa shape index (κ2) is 4.28. The second-order valence-corrected chi connectivity index (χ2v) is 6.55. The summed E-state index contributed by atoms with van der Waals surface area (Å²) in [6, 6.07) is 20.1. The van der Waals surface area contributed by atoms with Crippen molar-refractivity contribution in [1.29, 1.82) is 0 Å². The van der Waals surface area contributed by atoms with Gasteiger partial charge in [0.2, 0.25) is 0 Å². The summed E-state index contributed by atoms with van der Waals surface area (Å²) >= 11 is 1.78. The zero-order valence-electron chi connectivity index (χ0n) is 11.6. The van der Waals surface area contributed by atoms with Crippen LogP contribution >= 0.6 is 11.3 Å². The number of rotatable bonds is 0. The Morgan fingerprint density at radius 3 is 2.36 bits per heavy atom. The summed E-state index contributed by atoms with van der Waals surface area (Å²) in [4.78, 5) is 0. The number of hydrogen-bond donors (Lipinski definition) is 0. The van der Waals surface area contributed by atoms with Crippen molar-refractivity contribution in [1.82, 2.24) is 0 Å². The molecule has 5 aromatic rings. The van der Waals surface area contributed by atoms with E-state index in [-0.39, 0.29) is 5.82 Å². The summed E-state index contributed by atoms with van der Waals surface area (Å²) in [5.41, 5.74) is 0. The number of benzene rings is 4. The lowest BCUT2D eigenvalue weighted by molar-refractivity contribution is 0.630. The number of thiophene rings is 1. The molecule has 0 nitrogen and oxygen atoms in total. The van der Waals surface area contributed by atoms with Crippen LogP contribution in [0.15, 0.2) is 66.0 Å². The first-order chi connectivity index (χ1) is 10.8. The SMILES string of the molecule is Fc1ccc2cc3c(ccc4c3ccc3ccsc34)cc2c1. The highest BCUT2D eigenvalue weighted by molar-refractivity contribution is 7.18. The molecule has 0 saturated heterocycles. The molecular weight excluding hydrogens is 291 g/mol. The molecule has 0 radical (unpaired) electrons. The molecule has 0 aliphatic heterocycles. The van der Waals surface area contributed by atoms with E-state index in [0.717, 1.165) is 16.2 Å². The zero-order valence-corrected chi connectivity index (χ0v) is 12.5. The van der Waals surface area contributed by atoms with Crippen molar-refractivity contribution in [3.8, 4) is 0 Å². The molecule has 0 N–H and O–H groups in total. The molecule has 0 bridgehead atoms. The first-order valence-electron chi connectivity index (χ1n) is 7.21. The van der Waals surface area contributed by atoms with E-state index in [9.17, 15) is 4.39 Å². The van der Waals surface area contributed by atoms with Gasteiger partial charge >= 0.3 is 0 Å². The van der Waals surface area contributed by atoms with Gasteiger partial charge in [-0.3, -0.25) is 0 Å². The molecule has 5 rings (SSSR count). The minimum absolute atomic E-state index is 0.187. The van der Waals surface area contributed by atoms with Gasteiger partial charge in [0.15, 0.2) is 0 Å². The quantitative estimate of drug-likeness (QED) is 0.226. The summed E-state index contributed by atoms with van der Waals surface area (Å²) in [5, 5.41) is 10.4. The van der Waals surface area contributed by atoms with E-state index >= 15 is 0 Å². The fourth-order valence-electron chi connectivity index (χ4n) is 3.29. The topological polar surface area (TPSA) is 0 Å². The van der Waals surface area contributed by atoms with Crippen molar-refractivity contribution in [2.45, 2.75) is 0 Å². The van der Waals surface area contributed by atoms with Gasteiger partial charge in [0.05, 0.1) is 0 Å². The molecule has 0 amide bonds. The number of hydrogen-bond acceptors (Lipinski definition) is 1. The van der Waals surface area contributed by atoms with E-state index in [1.165, 1.54) is 32.3 Å². The third-order valence-electron chi connectivity index (χ3n) is 4.35. The molecule has 0 aliphatic rings. The third kappa shape index (κ3) is 1.62. The first kappa shape index (κ1) is 12.1. The van der Waals surface area contributed by atoms with Gasteiger partial charge < -0.3 is 0 Å². The van der Waals surface area contributed by atoms with Crippen molar-refractivity contribution in [2.75, 3.05) is 0 Å². The molecule has 0 spiro atoms. The summed E-state index contributed by atoms with van der Waals surface area (Å²) in [6.45, 7) is 0. The maximum atomic E-state index is 13.4. The molecular formula is C20H11FS. The maximum absolute atomic E-state index is 13.4. The van der Waals surface area contributed by atoms with Crippen molar-refractivity contribution >= 4 is 53.7 Å². The second-order valence-electron chi connectivity index (χ2n) is 5.63. The molecule has 0 atom stereocenters. The molecule has 4 aromatic carbocycles. The Labute approximate surface area is 130 Å². The lowest BCUT2D eigenvalue weighted by Crippen LogP contribution is -1.81. The van der Waals surface area contributed by atoms with Gasteiger partial charge in [0.25, 0.3) is 0 Å². The summed E-state index contributed by atoms with van der Waals surface area (Å²) in [5.74, 6) is -0.187. The Hall–Kier alpha value is -2.45. The fourth-order valence-corrected chi connectivity index (χ4v) is 4.21. The molecule has 22 heavy (non-hydrogen) atoms. The van der Waals surface area contributed by atoms with E-state index in [2.05, 4.69) is 47.8 Å². The molecule has 0 saturated carbocycles. The van der Waals surface area contributed by atoms with Crippen LogP contribution < -0.4 is 0 Å². The van der Waals surface area contributed by atoms with Crippen LogP contribution in [0.3, 0.4) is 0 Å². The van der Waals surface area contributed by atoms with Crippen LogP contribution in [0.1, 0.15) is 0 Å². The average Bonchev–Trinajstić information content (AvgIpc) is 3.01. The predicted octanol–water partition coefficient (Wildman–Crippen LogP) is 6.50. The molecule has 0 aliphatic carbocycles. The lowest BCUT2D eigenvalue weighted by atomic mass is 9.97. The van der Waals surface area contributed by atoms with Gasteiger partial charge in [-0.2, -0.15) is 0 Å². The first-order valence-corrected chi connectivity index (χ1v) is 8.09. The van der Waals surface area contributed by atoms with Crippen molar-refractivity contribution in [3.05, 3.63) is 71.9 Å². The van der Waals surface area contributed by atoms with Gasteiger partial charge in [-0.1, -0.05) is 30.3 Å². The molecule has 0 fully saturated rings. The summed E-state index contributed by atoms with van der Waals surface area (Å²) < 4.78 is 14.8. The maximum Gasteiger partial charge on any atom is 0.123 e. The van der Waals surface area contributed by atoms with Crippen LogP contribution in [-0.2, 0) is 0 Å². The Morgan fingerprint density at radius 1 is 0.591 bits per heavy atom. The van der Waals surface area contributed by atoms with E-state index in [0.29, 0.717) is 0 Å². The summed E-state index contributed by atoms with van der Waals surface area (Å²) in [7, 11) is 0. The monoisotopic (exact) mass is 302 g/mol. The largest absolute Gasteiger partial charge is 0.207 e. The Morgan fingerprint density at radius 2 is 1.41 bits per heavy atom. The van der Waals surface area contributed by atoms with Crippen molar-refractivity contribution in [3.63, 3.8) is 0 Å². The van der Waals surface area contributed by atoms with E-state index < -0.39 is 0 Å². The smallest absolute Gasteiger partial charge is 0.123 e. The Balaban J connectivity index is 2.00. The fraction of sp³-hybridized carbons (Fsp3) is 0. The van der Waals surface area contributed by atoms with Gasteiger partial charge in [0.1, 0.15) is 5.82 Å². The van der Waals surface area contributed by atoms with Crippen LogP contribution in [0.5, 0.6) is 0 Å². The molecule has 1 aromatic heterocycles. The van der Waals surface area contributed by atoms with Gasteiger partial charge in [-0.25, -0.2) is 4.39 Å². The minimum atomic E-state index is -0.187. The lowest BCUT2D eigenvalue weighted by Gasteiger charge is -2.07. The van der Waals surface area contributed by atoms with Crippen LogP contribution in [0.2, 0.25) is 0 Å². The van der Waals surface area contributed by atoms with Crippen LogP contribution in [0.4, 0.5) is 4.39 Å². The van der Waals surface area contributed by atoms with Crippen LogP contribution in [0, 0.1) is 5.82 Å². The van der Waals surface area contributed by atoms with Crippen molar-refractivity contribution < 1.29 is 4.39 Å². The van der Waals surface area contributed by atoms with E-state index in [4.69, 9.17) is 0 Å². The van der Waals surface area contributed by atoms with E-state index in [1.54, 1.807) is 17.4 Å². The number of halogens is 1. The minimum Gasteiger partial charge on any atom is -0.207 e. The Kier molecular flexibility index (Phi) is 2.36. The molecule has 0 unspecified atom stereocenters. The van der Waals surface area contributed by atoms with Crippen molar-refractivity contribution in [2.24, 2.45) is 0 Å². The van der Waals surface area contributed by atoms with Crippen LogP contribution in [0.25, 0.3) is 42.4 Å². The standard InChI is InChI=1S/C20H11FS/c21-16-4-1-13-11-19-14(9-15(13)10-16)3-6-18-17(19)5-2-12-7-8-22-20(12)18/h1-11H.